The Hall–Kier alpha value is -3.68. The van der Waals surface area contributed by atoms with E-state index in [1.165, 1.54) is 17.0 Å². The Labute approximate surface area is 182 Å². The van der Waals surface area contributed by atoms with Crippen LogP contribution in [0.4, 0.5) is 24.5 Å². The van der Waals surface area contributed by atoms with Crippen LogP contribution in [0.3, 0.4) is 0 Å². The number of halogens is 3. The molecule has 2 heterocycles. The normalized spacial score (nSPS) is 13.3. The van der Waals surface area contributed by atoms with Gasteiger partial charge in [-0.25, -0.2) is 0 Å². The largest absolute Gasteiger partial charge is 0.416 e. The molecule has 1 aromatic heterocycles. The zero-order chi connectivity index (χ0) is 23.0. The van der Waals surface area contributed by atoms with Crippen LogP contribution in [0.1, 0.15) is 22.4 Å². The van der Waals surface area contributed by atoms with Crippen molar-refractivity contribution in [2.24, 2.45) is 0 Å². The highest BCUT2D eigenvalue weighted by Crippen LogP contribution is 2.38. The van der Waals surface area contributed by atoms with Crippen LogP contribution in [0.2, 0.25) is 0 Å². The Morgan fingerprint density at radius 1 is 1.06 bits per heavy atom. The van der Waals surface area contributed by atoms with Gasteiger partial charge in [0.15, 0.2) is 0 Å². The summed E-state index contributed by atoms with van der Waals surface area (Å²) in [5.74, 6) is -0.796. The summed E-state index contributed by atoms with van der Waals surface area (Å²) in [7, 11) is 0. The Bertz CT molecular complexity index is 1200. The number of nitrogens with one attached hydrogen (secondary N) is 1. The van der Waals surface area contributed by atoms with E-state index < -0.39 is 17.6 Å². The molecule has 2 amide bonds. The predicted octanol–water partition coefficient (Wildman–Crippen LogP) is 4.91. The molecule has 0 fully saturated rings. The van der Waals surface area contributed by atoms with Crippen molar-refractivity contribution in [1.82, 2.24) is 4.98 Å². The van der Waals surface area contributed by atoms with Gasteiger partial charge in [-0.05, 0) is 67.4 Å². The molecule has 0 radical (unpaired) electrons. The minimum absolute atomic E-state index is 0.0382. The first kappa shape index (κ1) is 21.5. The van der Waals surface area contributed by atoms with Crippen LogP contribution in [0, 0.1) is 13.8 Å². The van der Waals surface area contributed by atoms with Gasteiger partial charge in [0.25, 0.3) is 0 Å². The quantitative estimate of drug-likeness (QED) is 0.631. The standard InChI is InChI=1S/C24H20F3N3O2/c1-14-10-19-18-4-3-9-28-20(18)12-23(32)30(21(19)11-15(14)2)13-22(31)29-17-7-5-16(6-8-17)24(25,26)27/h3-11H,12-13H2,1-2H3,(H,29,31). The number of anilines is 2. The van der Waals surface area contributed by atoms with Crippen LogP contribution in [0.5, 0.6) is 0 Å². The number of fused-ring (bicyclic) bond motifs is 3. The maximum absolute atomic E-state index is 13.1. The zero-order valence-electron chi connectivity index (χ0n) is 17.5. The van der Waals surface area contributed by atoms with Gasteiger partial charge in [0, 0.05) is 23.0 Å². The van der Waals surface area contributed by atoms with Gasteiger partial charge >= 0.3 is 6.18 Å². The molecule has 1 aliphatic rings. The number of alkyl halides is 3. The summed E-state index contributed by atoms with van der Waals surface area (Å²) in [5, 5.41) is 2.57. The Morgan fingerprint density at radius 2 is 1.75 bits per heavy atom. The topological polar surface area (TPSA) is 62.3 Å². The third kappa shape index (κ3) is 4.21. The first-order valence-electron chi connectivity index (χ1n) is 9.96. The molecule has 0 atom stereocenters. The summed E-state index contributed by atoms with van der Waals surface area (Å²) in [6.45, 7) is 3.62. The molecular formula is C24H20F3N3O2. The molecule has 32 heavy (non-hydrogen) atoms. The number of hydrogen-bond donors (Lipinski definition) is 1. The average Bonchev–Trinajstić information content (AvgIpc) is 2.83. The first-order valence-corrected chi connectivity index (χ1v) is 9.96. The molecule has 0 saturated carbocycles. The second-order valence-electron chi connectivity index (χ2n) is 7.73. The number of carbonyl (C=O) groups is 2. The van der Waals surface area contributed by atoms with Gasteiger partial charge in [0.2, 0.25) is 11.8 Å². The van der Waals surface area contributed by atoms with Gasteiger partial charge < -0.3 is 10.2 Å². The minimum Gasteiger partial charge on any atom is -0.325 e. The fourth-order valence-corrected chi connectivity index (χ4v) is 3.70. The van der Waals surface area contributed by atoms with Gasteiger partial charge in [0.05, 0.1) is 23.4 Å². The maximum Gasteiger partial charge on any atom is 0.416 e. The van der Waals surface area contributed by atoms with Gasteiger partial charge in [-0.3, -0.25) is 14.6 Å². The lowest BCUT2D eigenvalue weighted by Gasteiger charge is -2.24. The molecular weight excluding hydrogens is 419 g/mol. The number of aromatic nitrogens is 1. The third-order valence-corrected chi connectivity index (χ3v) is 5.50. The van der Waals surface area contributed by atoms with Crippen molar-refractivity contribution < 1.29 is 22.8 Å². The second-order valence-corrected chi connectivity index (χ2v) is 7.73. The number of pyridine rings is 1. The van der Waals surface area contributed by atoms with Crippen molar-refractivity contribution >= 4 is 23.2 Å². The Balaban J connectivity index is 1.63. The number of carbonyl (C=O) groups excluding carboxylic acids is 2. The van der Waals surface area contributed by atoms with E-state index >= 15 is 0 Å². The summed E-state index contributed by atoms with van der Waals surface area (Å²) in [5.41, 5.74) is 4.31. The van der Waals surface area contributed by atoms with Crippen LogP contribution < -0.4 is 10.2 Å². The fourth-order valence-electron chi connectivity index (χ4n) is 3.70. The molecule has 3 aromatic rings. The van der Waals surface area contributed by atoms with Crippen molar-refractivity contribution in [3.63, 3.8) is 0 Å². The molecule has 164 valence electrons. The van der Waals surface area contributed by atoms with E-state index in [1.54, 1.807) is 12.3 Å². The molecule has 1 aliphatic heterocycles. The molecule has 0 unspecified atom stereocenters. The predicted molar refractivity (Wildman–Crippen MR) is 115 cm³/mol. The summed E-state index contributed by atoms with van der Waals surface area (Å²) in [4.78, 5) is 31.5. The highest BCUT2D eigenvalue weighted by atomic mass is 19.4. The SMILES string of the molecule is Cc1cc2c(cc1C)N(CC(=O)Nc1ccc(C(F)(F)F)cc1)C(=O)Cc1ncccc1-2. The monoisotopic (exact) mass is 439 g/mol. The lowest BCUT2D eigenvalue weighted by atomic mass is 9.97. The van der Waals surface area contributed by atoms with E-state index in [2.05, 4.69) is 10.3 Å². The molecule has 1 N–H and O–H groups in total. The highest BCUT2D eigenvalue weighted by Gasteiger charge is 2.31. The number of amides is 2. The fraction of sp³-hybridized carbons (Fsp3) is 0.208. The maximum atomic E-state index is 13.1. The van der Waals surface area contributed by atoms with E-state index in [0.29, 0.717) is 11.4 Å². The van der Waals surface area contributed by atoms with Crippen molar-refractivity contribution in [2.75, 3.05) is 16.8 Å². The summed E-state index contributed by atoms with van der Waals surface area (Å²) in [6, 6.07) is 11.7. The highest BCUT2D eigenvalue weighted by molar-refractivity contribution is 6.07. The molecule has 0 bridgehead atoms. The number of aryl methyl sites for hydroxylation is 2. The van der Waals surface area contributed by atoms with Crippen LogP contribution in [-0.2, 0) is 22.2 Å². The molecule has 2 aromatic carbocycles. The lowest BCUT2D eigenvalue weighted by Crippen LogP contribution is -2.38. The van der Waals surface area contributed by atoms with Gasteiger partial charge in [-0.2, -0.15) is 13.2 Å². The summed E-state index contributed by atoms with van der Waals surface area (Å²) in [6.07, 6.45) is -2.79. The van der Waals surface area contributed by atoms with E-state index in [0.717, 1.165) is 34.4 Å². The Morgan fingerprint density at radius 3 is 2.44 bits per heavy atom. The van der Waals surface area contributed by atoms with E-state index in [4.69, 9.17) is 0 Å². The van der Waals surface area contributed by atoms with E-state index in [9.17, 15) is 22.8 Å². The summed E-state index contributed by atoms with van der Waals surface area (Å²) < 4.78 is 38.3. The average molecular weight is 439 g/mol. The number of benzene rings is 2. The van der Waals surface area contributed by atoms with Crippen molar-refractivity contribution in [3.8, 4) is 11.1 Å². The van der Waals surface area contributed by atoms with Crippen LogP contribution in [-0.4, -0.2) is 23.3 Å². The van der Waals surface area contributed by atoms with Crippen molar-refractivity contribution in [2.45, 2.75) is 26.4 Å². The lowest BCUT2D eigenvalue weighted by molar-refractivity contribution is -0.137. The molecule has 8 heteroatoms. The van der Waals surface area contributed by atoms with Crippen LogP contribution >= 0.6 is 0 Å². The number of hydrogen-bond acceptors (Lipinski definition) is 3. The van der Waals surface area contributed by atoms with E-state index in [1.807, 2.05) is 32.0 Å². The van der Waals surface area contributed by atoms with Crippen molar-refractivity contribution in [1.29, 1.82) is 0 Å². The van der Waals surface area contributed by atoms with E-state index in [-0.39, 0.29) is 24.6 Å². The van der Waals surface area contributed by atoms with Gasteiger partial charge in [0.1, 0.15) is 6.54 Å². The van der Waals surface area contributed by atoms with Gasteiger partial charge in [-0.1, -0.05) is 6.07 Å². The zero-order valence-corrected chi connectivity index (χ0v) is 17.5. The molecule has 4 rings (SSSR count). The van der Waals surface area contributed by atoms with Crippen LogP contribution in [0.15, 0.2) is 54.7 Å². The Kier molecular flexibility index (Phi) is 5.46. The molecule has 0 saturated heterocycles. The van der Waals surface area contributed by atoms with Gasteiger partial charge in [-0.15, -0.1) is 0 Å². The van der Waals surface area contributed by atoms with Crippen molar-refractivity contribution in [3.05, 3.63) is 77.1 Å². The molecule has 5 nitrogen and oxygen atoms in total. The second kappa shape index (κ2) is 8.11. The smallest absolute Gasteiger partial charge is 0.325 e. The minimum atomic E-state index is -4.45. The molecule has 0 aliphatic carbocycles. The third-order valence-electron chi connectivity index (χ3n) is 5.50. The van der Waals surface area contributed by atoms with Crippen LogP contribution in [0.25, 0.3) is 11.1 Å². The first-order chi connectivity index (χ1) is 15.1. The number of rotatable bonds is 3. The summed E-state index contributed by atoms with van der Waals surface area (Å²) >= 11 is 0. The number of nitrogens with zero attached hydrogens (tertiary/aromatic N) is 2. The molecule has 0 spiro atoms.